The second-order valence-corrected chi connectivity index (χ2v) is 7.18. The van der Waals surface area contributed by atoms with Gasteiger partial charge in [0.05, 0.1) is 18.9 Å². The van der Waals surface area contributed by atoms with Gasteiger partial charge in [-0.25, -0.2) is 15.0 Å². The van der Waals surface area contributed by atoms with E-state index in [0.717, 1.165) is 5.56 Å². The molecule has 28 heavy (non-hydrogen) atoms. The van der Waals surface area contributed by atoms with Crippen molar-refractivity contribution in [2.24, 2.45) is 11.8 Å². The van der Waals surface area contributed by atoms with Gasteiger partial charge in [-0.3, -0.25) is 14.6 Å². The maximum Gasteiger partial charge on any atom is 0.225 e. The van der Waals surface area contributed by atoms with Crippen LogP contribution in [0.5, 0.6) is 0 Å². The van der Waals surface area contributed by atoms with Crippen LogP contribution in [0.25, 0.3) is 0 Å². The van der Waals surface area contributed by atoms with Crippen molar-refractivity contribution in [2.45, 2.75) is 25.4 Å². The van der Waals surface area contributed by atoms with Crippen molar-refractivity contribution in [3.8, 4) is 0 Å². The molecule has 4 rings (SSSR count). The lowest BCUT2D eigenvalue weighted by Crippen LogP contribution is -2.32. The Morgan fingerprint density at radius 2 is 2.00 bits per heavy atom. The van der Waals surface area contributed by atoms with Gasteiger partial charge in [0.2, 0.25) is 11.8 Å². The number of fused-ring (bicyclic) bond motifs is 1. The summed E-state index contributed by atoms with van der Waals surface area (Å²) in [6.45, 7) is 1.78. The molecular formula is C19H22N6O3. The second-order valence-electron chi connectivity index (χ2n) is 7.18. The topological polar surface area (TPSA) is 110 Å². The van der Waals surface area contributed by atoms with Crippen LogP contribution in [0.1, 0.15) is 18.4 Å². The van der Waals surface area contributed by atoms with Gasteiger partial charge < -0.3 is 15.0 Å². The maximum atomic E-state index is 12.6. The highest BCUT2D eigenvalue weighted by Crippen LogP contribution is 2.36. The number of ether oxygens (including phenoxy) is 1. The molecule has 0 unspecified atom stereocenters. The van der Waals surface area contributed by atoms with Crippen LogP contribution in [-0.4, -0.2) is 62.5 Å². The van der Waals surface area contributed by atoms with Crippen LogP contribution < -0.4 is 5.32 Å². The van der Waals surface area contributed by atoms with Crippen molar-refractivity contribution in [1.29, 1.82) is 0 Å². The van der Waals surface area contributed by atoms with E-state index in [1.54, 1.807) is 18.6 Å². The van der Waals surface area contributed by atoms with E-state index >= 15 is 0 Å². The normalized spacial score (nSPS) is 23.4. The largest absolute Gasteiger partial charge is 0.376 e. The first kappa shape index (κ1) is 18.4. The second kappa shape index (κ2) is 8.39. The monoisotopic (exact) mass is 382 g/mol. The summed E-state index contributed by atoms with van der Waals surface area (Å²) in [6, 6.07) is 0. The van der Waals surface area contributed by atoms with Gasteiger partial charge >= 0.3 is 0 Å². The molecular weight excluding hydrogens is 360 g/mol. The summed E-state index contributed by atoms with van der Waals surface area (Å²) < 4.78 is 5.86. The van der Waals surface area contributed by atoms with E-state index in [1.165, 1.54) is 18.7 Å². The number of hydrogen-bond acceptors (Lipinski definition) is 7. The van der Waals surface area contributed by atoms with E-state index in [-0.39, 0.29) is 29.8 Å². The fraction of sp³-hybridized carbons (Fsp3) is 0.474. The number of aromatic nitrogens is 4. The van der Waals surface area contributed by atoms with Gasteiger partial charge in [0.1, 0.15) is 6.33 Å². The number of rotatable bonds is 6. The molecule has 2 amide bonds. The third kappa shape index (κ3) is 4.30. The first-order valence-electron chi connectivity index (χ1n) is 9.38. The summed E-state index contributed by atoms with van der Waals surface area (Å²) in [6.07, 6.45) is 10.9. The van der Waals surface area contributed by atoms with Gasteiger partial charge in [-0.15, -0.1) is 0 Å². The molecule has 2 aliphatic rings. The van der Waals surface area contributed by atoms with Crippen molar-refractivity contribution < 1.29 is 14.3 Å². The lowest BCUT2D eigenvalue weighted by atomic mass is 9.90. The maximum absolute atomic E-state index is 12.6. The number of amides is 2. The molecule has 0 bridgehead atoms. The van der Waals surface area contributed by atoms with Crippen LogP contribution in [0.4, 0.5) is 5.82 Å². The van der Waals surface area contributed by atoms with E-state index in [2.05, 4.69) is 25.3 Å². The van der Waals surface area contributed by atoms with Crippen molar-refractivity contribution in [1.82, 2.24) is 24.8 Å². The average Bonchev–Trinajstić information content (AvgIpc) is 3.30. The summed E-state index contributed by atoms with van der Waals surface area (Å²) >= 11 is 0. The number of hydrogen-bond donors (Lipinski definition) is 1. The van der Waals surface area contributed by atoms with Gasteiger partial charge in [0.15, 0.2) is 5.82 Å². The Balaban J connectivity index is 1.27. The number of aryl methyl sites for hydroxylation is 1. The predicted octanol–water partition coefficient (Wildman–Crippen LogP) is 0.701. The zero-order chi connectivity index (χ0) is 19.3. The van der Waals surface area contributed by atoms with Crippen LogP contribution >= 0.6 is 0 Å². The molecule has 0 aliphatic carbocycles. The van der Waals surface area contributed by atoms with E-state index < -0.39 is 0 Å². The third-order valence-corrected chi connectivity index (χ3v) is 5.31. The van der Waals surface area contributed by atoms with Crippen molar-refractivity contribution >= 4 is 17.6 Å². The Morgan fingerprint density at radius 1 is 1.14 bits per heavy atom. The first-order chi connectivity index (χ1) is 13.7. The molecule has 1 N–H and O–H groups in total. The van der Waals surface area contributed by atoms with Crippen LogP contribution in [-0.2, 0) is 20.7 Å². The van der Waals surface area contributed by atoms with E-state index in [0.29, 0.717) is 44.8 Å². The smallest absolute Gasteiger partial charge is 0.225 e. The summed E-state index contributed by atoms with van der Waals surface area (Å²) in [4.78, 5) is 42.6. The fourth-order valence-electron chi connectivity index (χ4n) is 3.88. The number of carbonyl (C=O) groups is 2. The minimum Gasteiger partial charge on any atom is -0.376 e. The van der Waals surface area contributed by atoms with Crippen LogP contribution in [0.15, 0.2) is 37.3 Å². The molecule has 9 heteroatoms. The fourth-order valence-corrected chi connectivity index (χ4v) is 3.88. The van der Waals surface area contributed by atoms with Gasteiger partial charge in [-0.05, 0) is 17.9 Å². The zero-order valence-electron chi connectivity index (χ0n) is 15.4. The van der Waals surface area contributed by atoms with Gasteiger partial charge in [0, 0.05) is 56.6 Å². The highest BCUT2D eigenvalue weighted by molar-refractivity contribution is 5.89. The molecule has 3 atom stereocenters. The van der Waals surface area contributed by atoms with Crippen molar-refractivity contribution in [3.63, 3.8) is 0 Å². The van der Waals surface area contributed by atoms with E-state index in [1.807, 2.05) is 4.90 Å². The molecule has 0 radical (unpaired) electrons. The number of nitrogens with zero attached hydrogens (tertiary/aromatic N) is 5. The molecule has 0 saturated carbocycles. The third-order valence-electron chi connectivity index (χ3n) is 5.31. The molecule has 4 heterocycles. The first-order valence-corrected chi connectivity index (χ1v) is 9.38. The average molecular weight is 382 g/mol. The number of anilines is 1. The summed E-state index contributed by atoms with van der Waals surface area (Å²) in [5.74, 6) is 0.725. The molecule has 0 aromatic carbocycles. The van der Waals surface area contributed by atoms with Gasteiger partial charge in [-0.2, -0.15) is 0 Å². The summed E-state index contributed by atoms with van der Waals surface area (Å²) in [5.41, 5.74) is 0.949. The molecule has 0 spiro atoms. The number of likely N-dealkylation sites (tertiary alicyclic amines) is 1. The Morgan fingerprint density at radius 3 is 2.79 bits per heavy atom. The minimum atomic E-state index is -0.108. The molecule has 2 aromatic heterocycles. The van der Waals surface area contributed by atoms with E-state index in [4.69, 9.17) is 4.74 Å². The lowest BCUT2D eigenvalue weighted by Gasteiger charge is -2.19. The molecule has 2 saturated heterocycles. The highest BCUT2D eigenvalue weighted by Gasteiger charge is 2.45. The summed E-state index contributed by atoms with van der Waals surface area (Å²) in [7, 11) is 0. The molecule has 2 fully saturated rings. The standard InChI is InChI=1S/C19H22N6O3/c26-18(24-17-8-20-3-4-23-17)5-14-11-28-16-10-25(9-15(14)16)19(27)2-1-13-6-21-12-22-7-13/h3-4,6-8,12,14-16H,1-2,5,9-11H2,(H,23,24,26)/t14-,15-,16-/m1/s1. The Hall–Kier alpha value is -2.94. The van der Waals surface area contributed by atoms with Crippen molar-refractivity contribution in [3.05, 3.63) is 42.9 Å². The van der Waals surface area contributed by atoms with E-state index in [9.17, 15) is 9.59 Å². The molecule has 2 aromatic rings. The quantitative estimate of drug-likeness (QED) is 0.783. The molecule has 9 nitrogen and oxygen atoms in total. The van der Waals surface area contributed by atoms with Gasteiger partial charge in [0.25, 0.3) is 0 Å². The highest BCUT2D eigenvalue weighted by atomic mass is 16.5. The minimum absolute atomic E-state index is 0.0123. The summed E-state index contributed by atoms with van der Waals surface area (Å²) in [5, 5.41) is 2.76. The number of nitrogens with one attached hydrogen (secondary N) is 1. The molecule has 2 aliphatic heterocycles. The Kier molecular flexibility index (Phi) is 5.52. The zero-order valence-corrected chi connectivity index (χ0v) is 15.4. The molecule has 146 valence electrons. The van der Waals surface area contributed by atoms with Crippen LogP contribution in [0, 0.1) is 11.8 Å². The predicted molar refractivity (Wildman–Crippen MR) is 98.9 cm³/mol. The SMILES string of the molecule is O=C(C[C@@H]1CO[C@@H]2CN(C(=O)CCc3cncnc3)C[C@H]12)Nc1cnccn1. The van der Waals surface area contributed by atoms with Crippen molar-refractivity contribution in [2.75, 3.05) is 25.0 Å². The van der Waals surface area contributed by atoms with Crippen LogP contribution in [0.3, 0.4) is 0 Å². The Bertz CT molecular complexity index is 819. The van der Waals surface area contributed by atoms with Gasteiger partial charge in [-0.1, -0.05) is 0 Å². The lowest BCUT2D eigenvalue weighted by molar-refractivity contribution is -0.130. The van der Waals surface area contributed by atoms with Crippen LogP contribution in [0.2, 0.25) is 0 Å². The number of carbonyl (C=O) groups excluding carboxylic acids is 2. The Labute approximate surface area is 162 Å².